The lowest BCUT2D eigenvalue weighted by Gasteiger charge is -2.18. The van der Waals surface area contributed by atoms with Crippen molar-refractivity contribution in [3.8, 4) is 16.9 Å². The lowest BCUT2D eigenvalue weighted by molar-refractivity contribution is -0.139. The van der Waals surface area contributed by atoms with Crippen LogP contribution in [0.5, 0.6) is 5.75 Å². The molecular weight excluding hydrogens is 417 g/mol. The molecule has 2 aromatic carbocycles. The fraction of sp³-hybridized carbons (Fsp3) is 0.190. The number of hydrogen-bond acceptors (Lipinski definition) is 4. The van der Waals surface area contributed by atoms with E-state index in [1.807, 2.05) is 6.07 Å². The van der Waals surface area contributed by atoms with Crippen LogP contribution < -0.4 is 9.46 Å². The van der Waals surface area contributed by atoms with Crippen molar-refractivity contribution in [2.75, 3.05) is 7.11 Å². The van der Waals surface area contributed by atoms with Crippen molar-refractivity contribution in [2.24, 2.45) is 0 Å². The molecule has 3 aromatic rings. The number of methoxy groups -OCH3 is 1. The molecular formula is C21H19F3N2O3S. The zero-order valence-corrected chi connectivity index (χ0v) is 17.0. The van der Waals surface area contributed by atoms with Gasteiger partial charge in [0, 0.05) is 17.8 Å². The molecule has 0 aliphatic rings. The number of nitrogens with zero attached hydrogens (tertiary/aromatic N) is 1. The first-order valence-electron chi connectivity index (χ1n) is 8.90. The number of ether oxygens (including phenoxy) is 1. The van der Waals surface area contributed by atoms with Crippen molar-refractivity contribution in [1.29, 1.82) is 0 Å². The van der Waals surface area contributed by atoms with E-state index < -0.39 is 32.7 Å². The zero-order chi connectivity index (χ0) is 21.9. The summed E-state index contributed by atoms with van der Waals surface area (Å²) in [5.41, 5.74) is 0.889. The highest BCUT2D eigenvalue weighted by atomic mass is 32.2. The van der Waals surface area contributed by atoms with E-state index in [2.05, 4.69) is 9.71 Å². The molecule has 158 valence electrons. The molecule has 0 saturated carbocycles. The van der Waals surface area contributed by atoms with E-state index in [0.29, 0.717) is 11.3 Å². The molecule has 1 aromatic heterocycles. The summed E-state index contributed by atoms with van der Waals surface area (Å²) in [5, 5.41) is 0. The lowest BCUT2D eigenvalue weighted by Crippen LogP contribution is -2.29. The minimum Gasteiger partial charge on any atom is -0.494 e. The molecule has 0 amide bonds. The third-order valence-corrected chi connectivity index (χ3v) is 6.11. The quantitative estimate of drug-likeness (QED) is 0.602. The molecule has 1 atom stereocenters. The number of nitrogens with one attached hydrogen (secondary N) is 1. The van der Waals surface area contributed by atoms with E-state index in [-0.39, 0.29) is 0 Å². The average Bonchev–Trinajstić information content (AvgIpc) is 2.73. The highest BCUT2D eigenvalue weighted by Gasteiger charge is 2.37. The van der Waals surface area contributed by atoms with Crippen molar-refractivity contribution in [3.63, 3.8) is 0 Å². The summed E-state index contributed by atoms with van der Waals surface area (Å²) >= 11 is 0. The molecule has 0 bridgehead atoms. The molecule has 9 heteroatoms. The predicted molar refractivity (Wildman–Crippen MR) is 106 cm³/mol. The van der Waals surface area contributed by atoms with Crippen LogP contribution in [0.15, 0.2) is 71.9 Å². The van der Waals surface area contributed by atoms with Gasteiger partial charge in [-0.3, -0.25) is 4.98 Å². The second-order valence-electron chi connectivity index (χ2n) is 6.54. The maximum Gasteiger partial charge on any atom is 0.417 e. The van der Waals surface area contributed by atoms with Crippen LogP contribution in [0.1, 0.15) is 24.1 Å². The number of alkyl halides is 3. The second kappa shape index (κ2) is 8.45. The molecule has 30 heavy (non-hydrogen) atoms. The number of sulfonamides is 1. The first kappa shape index (κ1) is 21.8. The molecule has 0 radical (unpaired) electrons. The molecule has 0 saturated heterocycles. The Morgan fingerprint density at radius 3 is 2.50 bits per heavy atom. The first-order chi connectivity index (χ1) is 14.1. The summed E-state index contributed by atoms with van der Waals surface area (Å²) in [6.07, 6.45) is -1.63. The van der Waals surface area contributed by atoms with Gasteiger partial charge in [0.2, 0.25) is 10.0 Å². The Morgan fingerprint density at radius 1 is 1.07 bits per heavy atom. The van der Waals surface area contributed by atoms with E-state index in [9.17, 15) is 21.6 Å². The third-order valence-electron chi connectivity index (χ3n) is 4.52. The number of rotatable bonds is 6. The Balaban J connectivity index is 1.93. The Hall–Kier alpha value is -2.91. The topological polar surface area (TPSA) is 68.3 Å². The smallest absolute Gasteiger partial charge is 0.417 e. The van der Waals surface area contributed by atoms with Gasteiger partial charge in [-0.1, -0.05) is 30.3 Å². The van der Waals surface area contributed by atoms with Gasteiger partial charge >= 0.3 is 6.18 Å². The number of benzene rings is 2. The monoisotopic (exact) mass is 436 g/mol. The Kier molecular flexibility index (Phi) is 6.14. The zero-order valence-electron chi connectivity index (χ0n) is 16.1. The number of hydrogen-bond donors (Lipinski definition) is 1. The molecule has 3 rings (SSSR count). The minimum absolute atomic E-state index is 0.544. The maximum absolute atomic E-state index is 13.2. The molecule has 1 N–H and O–H groups in total. The lowest BCUT2D eigenvalue weighted by atomic mass is 10.0. The largest absolute Gasteiger partial charge is 0.494 e. The van der Waals surface area contributed by atoms with Gasteiger partial charge in [-0.05, 0) is 42.3 Å². The highest BCUT2D eigenvalue weighted by molar-refractivity contribution is 7.89. The molecule has 0 spiro atoms. The number of aromatic nitrogens is 1. The van der Waals surface area contributed by atoms with Crippen LogP contribution in [-0.2, 0) is 16.2 Å². The SMILES string of the molecule is COc1cnccc1-c1cccc(C(C)NS(=O)(=O)c2ccccc2C(F)(F)F)c1. The molecule has 0 aliphatic heterocycles. The van der Waals surface area contributed by atoms with Crippen molar-refractivity contribution < 1.29 is 26.3 Å². The van der Waals surface area contributed by atoms with E-state index in [4.69, 9.17) is 4.74 Å². The van der Waals surface area contributed by atoms with Gasteiger partial charge in [-0.15, -0.1) is 0 Å². The van der Waals surface area contributed by atoms with Gasteiger partial charge < -0.3 is 4.74 Å². The van der Waals surface area contributed by atoms with Crippen LogP contribution in [0.2, 0.25) is 0 Å². The number of halogens is 3. The van der Waals surface area contributed by atoms with Gasteiger partial charge in [0.1, 0.15) is 5.75 Å². The van der Waals surface area contributed by atoms with E-state index in [1.54, 1.807) is 43.6 Å². The normalized spacial score (nSPS) is 13.1. The molecule has 5 nitrogen and oxygen atoms in total. The molecule has 0 aliphatic carbocycles. The summed E-state index contributed by atoms with van der Waals surface area (Å²) in [5.74, 6) is 0.544. The van der Waals surface area contributed by atoms with Crippen LogP contribution in [0, 0.1) is 0 Å². The Bertz CT molecular complexity index is 1150. The van der Waals surface area contributed by atoms with Crippen molar-refractivity contribution in [1.82, 2.24) is 9.71 Å². The van der Waals surface area contributed by atoms with E-state index in [0.717, 1.165) is 29.3 Å². The standard InChI is InChI=1S/C21H19F3N2O3S/c1-14(26-30(27,28)20-9-4-3-8-18(20)21(22,23)24)15-6-5-7-16(12-15)17-10-11-25-13-19(17)29-2/h3-14,26H,1-2H3. The maximum atomic E-state index is 13.2. The van der Waals surface area contributed by atoms with Crippen LogP contribution in [-0.4, -0.2) is 20.5 Å². The van der Waals surface area contributed by atoms with Gasteiger partial charge in [-0.25, -0.2) is 13.1 Å². The van der Waals surface area contributed by atoms with Crippen molar-refractivity contribution in [2.45, 2.75) is 24.0 Å². The minimum atomic E-state index is -4.79. The number of pyridine rings is 1. The summed E-state index contributed by atoms with van der Waals surface area (Å²) in [4.78, 5) is 3.19. The van der Waals surface area contributed by atoms with Crippen LogP contribution in [0.3, 0.4) is 0 Å². The molecule has 1 unspecified atom stereocenters. The van der Waals surface area contributed by atoms with E-state index in [1.165, 1.54) is 13.2 Å². The van der Waals surface area contributed by atoms with Crippen LogP contribution >= 0.6 is 0 Å². The summed E-state index contributed by atoms with van der Waals surface area (Å²) in [6.45, 7) is 1.57. The van der Waals surface area contributed by atoms with Gasteiger partial charge in [0.05, 0.1) is 23.8 Å². The average molecular weight is 436 g/mol. The fourth-order valence-electron chi connectivity index (χ4n) is 3.06. The van der Waals surface area contributed by atoms with Crippen molar-refractivity contribution >= 4 is 10.0 Å². The fourth-order valence-corrected chi connectivity index (χ4v) is 4.52. The Morgan fingerprint density at radius 2 is 1.80 bits per heavy atom. The summed E-state index contributed by atoms with van der Waals surface area (Å²) < 4.78 is 72.8. The van der Waals surface area contributed by atoms with Crippen LogP contribution in [0.25, 0.3) is 11.1 Å². The summed E-state index contributed by atoms with van der Waals surface area (Å²) in [7, 11) is -2.90. The third kappa shape index (κ3) is 4.63. The first-order valence-corrected chi connectivity index (χ1v) is 10.4. The molecule has 0 fully saturated rings. The van der Waals surface area contributed by atoms with Gasteiger partial charge in [-0.2, -0.15) is 13.2 Å². The van der Waals surface area contributed by atoms with Crippen molar-refractivity contribution in [3.05, 3.63) is 78.1 Å². The highest BCUT2D eigenvalue weighted by Crippen LogP contribution is 2.35. The predicted octanol–water partition coefficient (Wildman–Crippen LogP) is 4.82. The van der Waals surface area contributed by atoms with Gasteiger partial charge in [0.25, 0.3) is 0 Å². The van der Waals surface area contributed by atoms with Gasteiger partial charge in [0.15, 0.2) is 0 Å². The Labute approximate surface area is 172 Å². The van der Waals surface area contributed by atoms with E-state index >= 15 is 0 Å². The molecule has 1 heterocycles. The second-order valence-corrected chi connectivity index (χ2v) is 8.22. The van der Waals surface area contributed by atoms with Crippen LogP contribution in [0.4, 0.5) is 13.2 Å². The summed E-state index contributed by atoms with van der Waals surface area (Å²) in [6, 6.07) is 12.1.